The minimum Gasteiger partial charge on any atom is -0.436 e. The van der Waals surface area contributed by atoms with Crippen LogP contribution >= 0.6 is 0 Å². The highest BCUT2D eigenvalue weighted by molar-refractivity contribution is 6.10. The molecular weight excluding hydrogens is 580 g/mol. The fourth-order valence-corrected chi connectivity index (χ4v) is 6.08. The molecule has 220 valence electrons. The molecule has 9 aromatic rings. The summed E-state index contributed by atoms with van der Waals surface area (Å²) >= 11 is 0. The van der Waals surface area contributed by atoms with Crippen molar-refractivity contribution in [3.05, 3.63) is 146 Å². The molecule has 47 heavy (non-hydrogen) atoms. The van der Waals surface area contributed by atoms with E-state index in [1.807, 2.05) is 91.1 Å². The van der Waals surface area contributed by atoms with Crippen LogP contribution in [0.2, 0.25) is 0 Å². The van der Waals surface area contributed by atoms with Crippen molar-refractivity contribution in [1.82, 2.24) is 29.9 Å². The molecule has 7 nitrogen and oxygen atoms in total. The van der Waals surface area contributed by atoms with Gasteiger partial charge in [0, 0.05) is 46.2 Å². The Hall–Kier alpha value is -6.60. The second-order valence-corrected chi connectivity index (χ2v) is 11.2. The molecule has 4 heterocycles. The van der Waals surface area contributed by atoms with Crippen molar-refractivity contribution < 1.29 is 4.42 Å². The van der Waals surface area contributed by atoms with Gasteiger partial charge in [0.05, 0.1) is 11.1 Å². The van der Waals surface area contributed by atoms with Crippen molar-refractivity contribution >= 4 is 33.0 Å². The topological polar surface area (TPSA) is 90.5 Å². The number of rotatable bonds is 5. The molecular formula is C40H24N6O. The zero-order valence-corrected chi connectivity index (χ0v) is 24.9. The van der Waals surface area contributed by atoms with Crippen LogP contribution in [0, 0.1) is 0 Å². The first-order chi connectivity index (χ1) is 23.3. The molecule has 9 rings (SSSR count). The number of fused-ring (bicyclic) bond motifs is 4. The lowest BCUT2D eigenvalue weighted by Gasteiger charge is -2.11. The minimum atomic E-state index is 0.517. The number of furan rings is 1. The third-order valence-electron chi connectivity index (χ3n) is 8.31. The average Bonchev–Trinajstić information content (AvgIpc) is 3.54. The van der Waals surface area contributed by atoms with E-state index in [-0.39, 0.29) is 0 Å². The highest BCUT2D eigenvalue weighted by atomic mass is 16.3. The average molecular weight is 605 g/mol. The minimum absolute atomic E-state index is 0.517. The largest absolute Gasteiger partial charge is 0.436 e. The van der Waals surface area contributed by atoms with Gasteiger partial charge in [-0.15, -0.1) is 0 Å². The molecule has 0 unspecified atom stereocenters. The summed E-state index contributed by atoms with van der Waals surface area (Å²) < 4.78 is 5.98. The van der Waals surface area contributed by atoms with E-state index in [4.69, 9.17) is 24.4 Å². The molecule has 0 aliphatic heterocycles. The Kier molecular flexibility index (Phi) is 6.31. The van der Waals surface area contributed by atoms with Crippen LogP contribution < -0.4 is 0 Å². The molecule has 5 aromatic carbocycles. The van der Waals surface area contributed by atoms with Gasteiger partial charge >= 0.3 is 0 Å². The van der Waals surface area contributed by atoms with Gasteiger partial charge in [-0.3, -0.25) is 4.98 Å². The summed E-state index contributed by atoms with van der Waals surface area (Å²) in [5.41, 5.74) is 8.67. The highest BCUT2D eigenvalue weighted by Gasteiger charge is 2.17. The molecule has 0 radical (unpaired) electrons. The predicted octanol–water partition coefficient (Wildman–Crippen LogP) is 9.44. The summed E-state index contributed by atoms with van der Waals surface area (Å²) in [5, 5.41) is 3.03. The lowest BCUT2D eigenvalue weighted by atomic mass is 9.96. The Bertz CT molecular complexity index is 2520. The number of hydrogen-bond acceptors (Lipinski definition) is 7. The van der Waals surface area contributed by atoms with Crippen LogP contribution in [0.25, 0.3) is 89.5 Å². The summed E-state index contributed by atoms with van der Waals surface area (Å²) in [6, 6.07) is 42.8. The van der Waals surface area contributed by atoms with Gasteiger partial charge in [0.2, 0.25) is 5.71 Å². The Morgan fingerprint density at radius 2 is 1.09 bits per heavy atom. The van der Waals surface area contributed by atoms with E-state index in [0.717, 1.165) is 66.3 Å². The maximum absolute atomic E-state index is 5.98. The van der Waals surface area contributed by atoms with Crippen LogP contribution in [-0.4, -0.2) is 29.9 Å². The predicted molar refractivity (Wildman–Crippen MR) is 185 cm³/mol. The van der Waals surface area contributed by atoms with Crippen LogP contribution in [0.1, 0.15) is 0 Å². The van der Waals surface area contributed by atoms with Crippen molar-refractivity contribution in [1.29, 1.82) is 0 Å². The highest BCUT2D eigenvalue weighted by Crippen LogP contribution is 2.37. The van der Waals surface area contributed by atoms with Crippen LogP contribution in [0.5, 0.6) is 0 Å². The first-order valence-corrected chi connectivity index (χ1v) is 15.3. The Morgan fingerprint density at radius 3 is 1.85 bits per heavy atom. The molecule has 0 saturated carbocycles. The first-order valence-electron chi connectivity index (χ1n) is 15.3. The van der Waals surface area contributed by atoms with Gasteiger partial charge in [0.15, 0.2) is 17.5 Å². The Labute approximate surface area is 269 Å². The van der Waals surface area contributed by atoms with Crippen LogP contribution in [0.15, 0.2) is 150 Å². The van der Waals surface area contributed by atoms with Crippen LogP contribution in [-0.2, 0) is 0 Å². The second-order valence-electron chi connectivity index (χ2n) is 11.2. The molecule has 0 aliphatic carbocycles. The van der Waals surface area contributed by atoms with Gasteiger partial charge in [0.1, 0.15) is 11.1 Å². The number of pyridine rings is 1. The van der Waals surface area contributed by atoms with E-state index in [2.05, 4.69) is 52.4 Å². The molecule has 0 N–H and O–H groups in total. The molecule has 0 aliphatic rings. The fraction of sp³-hybridized carbons (Fsp3) is 0. The normalized spacial score (nSPS) is 11.4. The number of nitrogens with zero attached hydrogens (tertiary/aromatic N) is 6. The maximum Gasteiger partial charge on any atom is 0.246 e. The van der Waals surface area contributed by atoms with Gasteiger partial charge in [-0.25, -0.2) is 24.9 Å². The Morgan fingerprint density at radius 1 is 0.468 bits per heavy atom. The molecule has 0 atom stereocenters. The second kappa shape index (κ2) is 11.1. The molecule has 7 heteroatoms. The van der Waals surface area contributed by atoms with Crippen molar-refractivity contribution in [3.8, 4) is 56.5 Å². The lowest BCUT2D eigenvalue weighted by Crippen LogP contribution is -2.00. The standard InChI is InChI=1S/C40H24N6O/c1-3-10-25(11-4-1)37-44-38(26-12-5-2-6-13-26)46-39(45-37)29-16-7-14-27(22-29)30-17-8-15-28-23-33(43-24-32(28)30)31-18-9-19-34-35(31)36-40(47-34)42-21-20-41-36/h1-24H. The number of benzene rings is 5. The van der Waals surface area contributed by atoms with Crippen LogP contribution in [0.3, 0.4) is 0 Å². The summed E-state index contributed by atoms with van der Waals surface area (Å²) in [6.07, 6.45) is 5.27. The lowest BCUT2D eigenvalue weighted by molar-refractivity contribution is 0.653. The molecule has 0 amide bonds. The zero-order chi connectivity index (χ0) is 31.2. The van der Waals surface area contributed by atoms with E-state index in [9.17, 15) is 0 Å². The van der Waals surface area contributed by atoms with Crippen LogP contribution in [0.4, 0.5) is 0 Å². The van der Waals surface area contributed by atoms with E-state index in [1.54, 1.807) is 12.4 Å². The molecule has 0 fully saturated rings. The van der Waals surface area contributed by atoms with Gasteiger partial charge in [-0.2, -0.15) is 0 Å². The molecule has 0 bridgehead atoms. The fourth-order valence-electron chi connectivity index (χ4n) is 6.08. The molecule has 0 spiro atoms. The monoisotopic (exact) mass is 604 g/mol. The summed E-state index contributed by atoms with van der Waals surface area (Å²) in [5.74, 6) is 1.88. The quantitative estimate of drug-likeness (QED) is 0.193. The molecule has 0 saturated heterocycles. The van der Waals surface area contributed by atoms with Crippen molar-refractivity contribution in [2.45, 2.75) is 0 Å². The maximum atomic E-state index is 5.98. The summed E-state index contributed by atoms with van der Waals surface area (Å²) in [7, 11) is 0. The molecule has 4 aromatic heterocycles. The first kappa shape index (κ1) is 26.8. The zero-order valence-electron chi connectivity index (χ0n) is 24.9. The van der Waals surface area contributed by atoms with E-state index in [1.165, 1.54) is 0 Å². The summed E-state index contributed by atoms with van der Waals surface area (Å²) in [4.78, 5) is 28.6. The van der Waals surface area contributed by atoms with E-state index < -0.39 is 0 Å². The van der Waals surface area contributed by atoms with Gasteiger partial charge in [-0.05, 0) is 34.7 Å². The smallest absolute Gasteiger partial charge is 0.246 e. The van der Waals surface area contributed by atoms with Crippen molar-refractivity contribution in [2.24, 2.45) is 0 Å². The van der Waals surface area contributed by atoms with Crippen molar-refractivity contribution in [2.75, 3.05) is 0 Å². The van der Waals surface area contributed by atoms with E-state index in [0.29, 0.717) is 23.2 Å². The number of aromatic nitrogens is 6. The Balaban J connectivity index is 1.15. The third-order valence-corrected chi connectivity index (χ3v) is 8.31. The van der Waals surface area contributed by atoms with Gasteiger partial charge in [-0.1, -0.05) is 109 Å². The van der Waals surface area contributed by atoms with Gasteiger partial charge in [0.25, 0.3) is 0 Å². The van der Waals surface area contributed by atoms with Gasteiger partial charge < -0.3 is 4.42 Å². The third kappa shape index (κ3) is 4.78. The van der Waals surface area contributed by atoms with E-state index >= 15 is 0 Å². The SMILES string of the molecule is c1ccc(-c2nc(-c3ccccc3)nc(-c3cccc(-c4cccc5cc(-c6cccc7oc8nccnc8c67)ncc45)c3)n2)cc1. The van der Waals surface area contributed by atoms with Crippen molar-refractivity contribution in [3.63, 3.8) is 0 Å². The summed E-state index contributed by atoms with van der Waals surface area (Å²) in [6.45, 7) is 0. The number of hydrogen-bond donors (Lipinski definition) is 0.